The van der Waals surface area contributed by atoms with Crippen molar-refractivity contribution in [3.8, 4) is 0 Å². The molecule has 0 spiro atoms. The van der Waals surface area contributed by atoms with Crippen LogP contribution >= 0.6 is 0 Å². The van der Waals surface area contributed by atoms with Gasteiger partial charge in [-0.05, 0) is 18.6 Å². The van der Waals surface area contributed by atoms with Crippen LogP contribution in [0.4, 0.5) is 21.7 Å². The van der Waals surface area contributed by atoms with Crippen molar-refractivity contribution in [2.45, 2.75) is 19.4 Å². The van der Waals surface area contributed by atoms with Gasteiger partial charge in [0.1, 0.15) is 17.5 Å². The van der Waals surface area contributed by atoms with Gasteiger partial charge in [-0.25, -0.2) is 14.4 Å². The zero-order valence-electron chi connectivity index (χ0n) is 14.4. The minimum atomic E-state index is -0.848. The molecule has 0 aliphatic carbocycles. The molecule has 27 heavy (non-hydrogen) atoms. The molecule has 3 aromatic rings. The van der Waals surface area contributed by atoms with Crippen LogP contribution in [0.3, 0.4) is 0 Å². The van der Waals surface area contributed by atoms with Crippen LogP contribution in [0.5, 0.6) is 0 Å². The van der Waals surface area contributed by atoms with Crippen molar-refractivity contribution in [2.75, 3.05) is 10.6 Å². The first-order valence-corrected chi connectivity index (χ1v) is 8.15. The van der Waals surface area contributed by atoms with Gasteiger partial charge in [0, 0.05) is 30.3 Å². The Morgan fingerprint density at radius 2 is 2.04 bits per heavy atom. The van der Waals surface area contributed by atoms with E-state index in [1.165, 1.54) is 0 Å². The molecule has 3 rings (SSSR count). The van der Waals surface area contributed by atoms with Crippen LogP contribution in [0.25, 0.3) is 5.65 Å². The first-order valence-electron chi connectivity index (χ1n) is 8.15. The van der Waals surface area contributed by atoms with Gasteiger partial charge in [0.2, 0.25) is 5.91 Å². The fourth-order valence-corrected chi connectivity index (χ4v) is 2.54. The summed E-state index contributed by atoms with van der Waals surface area (Å²) in [4.78, 5) is 31.4. The van der Waals surface area contributed by atoms with Gasteiger partial charge in [-0.1, -0.05) is 6.92 Å². The number of hydrogen-bond donors (Lipinski definition) is 4. The lowest BCUT2D eigenvalue weighted by molar-refractivity contribution is -0.118. The van der Waals surface area contributed by atoms with E-state index < -0.39 is 23.7 Å². The van der Waals surface area contributed by atoms with Crippen LogP contribution in [-0.4, -0.2) is 32.2 Å². The van der Waals surface area contributed by atoms with Gasteiger partial charge in [-0.3, -0.25) is 9.59 Å². The lowest BCUT2D eigenvalue weighted by atomic mass is 10.2. The van der Waals surface area contributed by atoms with Gasteiger partial charge in [0.05, 0.1) is 5.56 Å². The standard InChI is InChI=1S/C17H18FN7O2/c1-2-12(15(20)27)23-17-11(18)8-10(14(19)26)16(24-17)22-9-3-5-25-6-4-21-13(25)7-9/h3-8,12H,2H2,1H3,(H2,19,26)(H2,20,27)(H2,22,23,24)/t12-/m1/s1. The van der Waals surface area contributed by atoms with Crippen LogP contribution in [0.2, 0.25) is 0 Å². The Balaban J connectivity index is 1.99. The minimum absolute atomic E-state index is 0.0432. The van der Waals surface area contributed by atoms with Gasteiger partial charge >= 0.3 is 0 Å². The summed E-state index contributed by atoms with van der Waals surface area (Å²) >= 11 is 0. The lowest BCUT2D eigenvalue weighted by Crippen LogP contribution is -2.35. The molecule has 0 aromatic carbocycles. The van der Waals surface area contributed by atoms with E-state index in [2.05, 4.69) is 20.6 Å². The predicted octanol–water partition coefficient (Wildman–Crippen LogP) is 1.39. The number of aromatic nitrogens is 3. The molecular formula is C17H18FN7O2. The van der Waals surface area contributed by atoms with E-state index in [9.17, 15) is 14.0 Å². The van der Waals surface area contributed by atoms with E-state index >= 15 is 0 Å². The zero-order chi connectivity index (χ0) is 19.6. The fraction of sp³-hybridized carbons (Fsp3) is 0.176. The molecule has 2 amide bonds. The van der Waals surface area contributed by atoms with Crippen molar-refractivity contribution in [1.29, 1.82) is 0 Å². The maximum absolute atomic E-state index is 14.3. The SMILES string of the molecule is CC[C@@H](Nc1nc(Nc2ccn3ccnc3c2)c(C(N)=O)cc1F)C(N)=O. The summed E-state index contributed by atoms with van der Waals surface area (Å²) in [7, 11) is 0. The van der Waals surface area contributed by atoms with Crippen molar-refractivity contribution >= 4 is 34.8 Å². The highest BCUT2D eigenvalue weighted by atomic mass is 19.1. The molecular weight excluding hydrogens is 353 g/mol. The number of nitrogens with one attached hydrogen (secondary N) is 2. The molecule has 0 unspecified atom stereocenters. The second kappa shape index (κ2) is 7.28. The van der Waals surface area contributed by atoms with Crippen LogP contribution in [0, 0.1) is 5.82 Å². The number of hydrogen-bond acceptors (Lipinski definition) is 6. The molecule has 10 heteroatoms. The first kappa shape index (κ1) is 18.1. The smallest absolute Gasteiger partial charge is 0.252 e. The number of fused-ring (bicyclic) bond motifs is 1. The average molecular weight is 371 g/mol. The number of carbonyl (C=O) groups excluding carboxylic acids is 2. The molecule has 3 heterocycles. The van der Waals surface area contributed by atoms with Gasteiger partial charge in [-0.15, -0.1) is 0 Å². The third-order valence-electron chi connectivity index (χ3n) is 3.96. The summed E-state index contributed by atoms with van der Waals surface area (Å²) in [6, 6.07) is 3.61. The Morgan fingerprint density at radius 1 is 1.26 bits per heavy atom. The predicted molar refractivity (Wildman–Crippen MR) is 98.1 cm³/mol. The number of halogens is 1. The summed E-state index contributed by atoms with van der Waals surface area (Å²) in [6.45, 7) is 1.72. The number of imidazole rings is 1. The molecule has 0 fully saturated rings. The molecule has 6 N–H and O–H groups in total. The Hall–Kier alpha value is -3.69. The largest absolute Gasteiger partial charge is 0.368 e. The molecule has 0 radical (unpaired) electrons. The summed E-state index contributed by atoms with van der Waals surface area (Å²) < 4.78 is 16.1. The number of rotatable bonds is 7. The average Bonchev–Trinajstić information content (AvgIpc) is 3.08. The van der Waals surface area contributed by atoms with Gasteiger partial charge in [0.15, 0.2) is 11.6 Å². The number of anilines is 3. The third-order valence-corrected chi connectivity index (χ3v) is 3.96. The molecule has 0 aliphatic rings. The molecule has 0 saturated carbocycles. The number of carbonyl (C=O) groups is 2. The number of nitrogens with zero attached hydrogens (tertiary/aromatic N) is 3. The van der Waals surface area contributed by atoms with Gasteiger partial charge in [-0.2, -0.15) is 0 Å². The second-order valence-electron chi connectivity index (χ2n) is 5.82. The summed E-state index contributed by atoms with van der Waals surface area (Å²) in [5, 5.41) is 5.58. The molecule has 0 bridgehead atoms. The van der Waals surface area contributed by atoms with E-state index in [1.807, 2.05) is 0 Å². The Labute approximate surface area is 153 Å². The van der Waals surface area contributed by atoms with Crippen LogP contribution in [-0.2, 0) is 4.79 Å². The van der Waals surface area contributed by atoms with E-state index in [0.29, 0.717) is 17.8 Å². The molecule has 0 saturated heterocycles. The monoisotopic (exact) mass is 371 g/mol. The molecule has 1 atom stereocenters. The van der Waals surface area contributed by atoms with Crippen LogP contribution < -0.4 is 22.1 Å². The third kappa shape index (κ3) is 3.78. The number of primary amides is 2. The number of pyridine rings is 2. The highest BCUT2D eigenvalue weighted by Gasteiger charge is 2.20. The van der Waals surface area contributed by atoms with Crippen molar-refractivity contribution in [3.05, 3.63) is 48.2 Å². The zero-order valence-corrected chi connectivity index (χ0v) is 14.4. The highest BCUT2D eigenvalue weighted by molar-refractivity contribution is 5.98. The Kier molecular flexibility index (Phi) is 4.88. The summed E-state index contributed by atoms with van der Waals surface area (Å²) in [5.41, 5.74) is 11.7. The molecule has 9 nitrogen and oxygen atoms in total. The Bertz CT molecular complexity index is 1020. The van der Waals surface area contributed by atoms with E-state index in [0.717, 1.165) is 6.07 Å². The van der Waals surface area contributed by atoms with E-state index in [4.69, 9.17) is 11.5 Å². The van der Waals surface area contributed by atoms with Crippen molar-refractivity contribution in [2.24, 2.45) is 11.5 Å². The molecule has 140 valence electrons. The first-order chi connectivity index (χ1) is 12.9. The highest BCUT2D eigenvalue weighted by Crippen LogP contribution is 2.25. The topological polar surface area (TPSA) is 140 Å². The maximum atomic E-state index is 14.3. The van der Waals surface area contributed by atoms with Crippen molar-refractivity contribution in [1.82, 2.24) is 14.4 Å². The maximum Gasteiger partial charge on any atom is 0.252 e. The molecule has 3 aromatic heterocycles. The van der Waals surface area contributed by atoms with Crippen LogP contribution in [0.1, 0.15) is 23.7 Å². The fourth-order valence-electron chi connectivity index (χ4n) is 2.54. The summed E-state index contributed by atoms with van der Waals surface area (Å²) in [5.74, 6) is -2.48. The normalized spacial score (nSPS) is 11.9. The summed E-state index contributed by atoms with van der Waals surface area (Å²) in [6.07, 6.45) is 5.52. The van der Waals surface area contributed by atoms with Crippen molar-refractivity contribution in [3.63, 3.8) is 0 Å². The number of nitrogens with two attached hydrogens (primary N) is 2. The van der Waals surface area contributed by atoms with Crippen LogP contribution in [0.15, 0.2) is 36.8 Å². The second-order valence-corrected chi connectivity index (χ2v) is 5.82. The van der Waals surface area contributed by atoms with Gasteiger partial charge < -0.3 is 26.5 Å². The molecule has 0 aliphatic heterocycles. The van der Waals surface area contributed by atoms with E-state index in [1.54, 1.807) is 42.0 Å². The minimum Gasteiger partial charge on any atom is -0.368 e. The Morgan fingerprint density at radius 3 is 2.70 bits per heavy atom. The quantitative estimate of drug-likeness (QED) is 0.495. The van der Waals surface area contributed by atoms with Gasteiger partial charge in [0.25, 0.3) is 5.91 Å². The van der Waals surface area contributed by atoms with E-state index in [-0.39, 0.29) is 17.2 Å². The van der Waals surface area contributed by atoms with Crippen molar-refractivity contribution < 1.29 is 14.0 Å². The lowest BCUT2D eigenvalue weighted by Gasteiger charge is -2.17. The number of amides is 2.